The molecule has 0 fully saturated rings. The Bertz CT molecular complexity index is 376. The summed E-state index contributed by atoms with van der Waals surface area (Å²) < 4.78 is 0. The molecule has 0 bridgehead atoms. The molecule has 2 N–H and O–H groups in total. The molecule has 0 aliphatic heterocycles. The summed E-state index contributed by atoms with van der Waals surface area (Å²) in [5, 5.41) is 5.81. The van der Waals surface area contributed by atoms with E-state index in [2.05, 4.69) is 24.5 Å². The predicted octanol–water partition coefficient (Wildman–Crippen LogP) is 7.96. The van der Waals surface area contributed by atoms with Crippen molar-refractivity contribution in [3.63, 3.8) is 0 Å². The summed E-state index contributed by atoms with van der Waals surface area (Å²) in [6.07, 6.45) is 24.9. The Balaban J connectivity index is 3.64. The summed E-state index contributed by atoms with van der Waals surface area (Å²) in [5.41, 5.74) is 0. The molecule has 4 nitrogen and oxygen atoms in total. The van der Waals surface area contributed by atoms with Crippen LogP contribution in [-0.2, 0) is 9.59 Å². The maximum atomic E-state index is 12.1. The summed E-state index contributed by atoms with van der Waals surface area (Å²) >= 11 is 0. The molecular formula is C27H53N2O2. The molecule has 1 radical (unpaired) electrons. The van der Waals surface area contributed by atoms with E-state index < -0.39 is 0 Å². The second-order valence-corrected chi connectivity index (χ2v) is 9.09. The molecule has 0 aromatic heterocycles. The first-order chi connectivity index (χ1) is 15.1. The van der Waals surface area contributed by atoms with Crippen molar-refractivity contribution in [2.24, 2.45) is 0 Å². The zero-order valence-corrected chi connectivity index (χ0v) is 21.2. The van der Waals surface area contributed by atoms with Crippen LogP contribution in [-0.4, -0.2) is 11.8 Å². The lowest BCUT2D eigenvalue weighted by molar-refractivity contribution is -0.122. The largest absolute Gasteiger partial charge is 0.330 e. The van der Waals surface area contributed by atoms with Crippen molar-refractivity contribution in [2.75, 3.05) is 0 Å². The molecule has 0 aromatic rings. The normalized spacial score (nSPS) is 11.1. The Hall–Kier alpha value is -1.06. The first-order valence-corrected chi connectivity index (χ1v) is 13.6. The van der Waals surface area contributed by atoms with Crippen molar-refractivity contribution in [2.45, 2.75) is 156 Å². The minimum Gasteiger partial charge on any atom is -0.330 e. The zero-order valence-electron chi connectivity index (χ0n) is 21.2. The van der Waals surface area contributed by atoms with Gasteiger partial charge in [-0.25, -0.2) is 0 Å². The van der Waals surface area contributed by atoms with Crippen molar-refractivity contribution < 1.29 is 9.59 Å². The van der Waals surface area contributed by atoms with Gasteiger partial charge >= 0.3 is 0 Å². The van der Waals surface area contributed by atoms with Crippen LogP contribution in [0.4, 0.5) is 0 Å². The van der Waals surface area contributed by atoms with E-state index in [0.29, 0.717) is 25.4 Å². The molecule has 0 aliphatic carbocycles. The van der Waals surface area contributed by atoms with E-state index in [9.17, 15) is 9.59 Å². The maximum absolute atomic E-state index is 12.1. The minimum absolute atomic E-state index is 0.0307. The molecule has 0 saturated carbocycles. The van der Waals surface area contributed by atoms with Gasteiger partial charge in [-0.3, -0.25) is 9.59 Å². The van der Waals surface area contributed by atoms with Crippen LogP contribution in [0, 0.1) is 6.17 Å². The van der Waals surface area contributed by atoms with E-state index in [-0.39, 0.29) is 11.8 Å². The first-order valence-electron chi connectivity index (χ1n) is 13.6. The van der Waals surface area contributed by atoms with Crippen molar-refractivity contribution in [1.82, 2.24) is 10.6 Å². The van der Waals surface area contributed by atoms with Crippen LogP contribution in [0.15, 0.2) is 0 Å². The van der Waals surface area contributed by atoms with Gasteiger partial charge in [0.25, 0.3) is 0 Å². The van der Waals surface area contributed by atoms with Gasteiger partial charge in [0.2, 0.25) is 11.8 Å². The van der Waals surface area contributed by atoms with Crippen LogP contribution in [0.3, 0.4) is 0 Å². The molecule has 0 aromatic carbocycles. The fraction of sp³-hybridized carbons (Fsp3) is 0.889. The lowest BCUT2D eigenvalue weighted by Crippen LogP contribution is -2.40. The fourth-order valence-electron chi connectivity index (χ4n) is 3.86. The highest BCUT2D eigenvalue weighted by molar-refractivity contribution is 5.80. The number of carbonyl (C=O) groups is 2. The molecule has 31 heavy (non-hydrogen) atoms. The summed E-state index contributed by atoms with van der Waals surface area (Å²) in [5.74, 6) is 0.0614. The average Bonchev–Trinajstić information content (AvgIpc) is 2.76. The second-order valence-electron chi connectivity index (χ2n) is 9.09. The Morgan fingerprint density at radius 2 is 0.742 bits per heavy atom. The zero-order chi connectivity index (χ0) is 23.0. The second kappa shape index (κ2) is 23.6. The standard InChI is InChI=1S/C27H53N2O2/c1-4-7-9-11-13-15-17-19-21-23-26(30)28-25(6-3)29-27(31)24-22-20-18-16-14-12-10-8-5-2/h4-24H2,1-3H3,(H,28,30)(H,29,31). The van der Waals surface area contributed by atoms with Gasteiger partial charge in [0, 0.05) is 12.8 Å². The van der Waals surface area contributed by atoms with E-state index in [1.54, 1.807) is 0 Å². The molecule has 0 saturated heterocycles. The third-order valence-corrected chi connectivity index (χ3v) is 5.95. The van der Waals surface area contributed by atoms with Crippen molar-refractivity contribution >= 4 is 11.8 Å². The number of hydrogen-bond acceptors (Lipinski definition) is 2. The van der Waals surface area contributed by atoms with Crippen molar-refractivity contribution in [3.05, 3.63) is 6.17 Å². The minimum atomic E-state index is 0.0307. The van der Waals surface area contributed by atoms with Gasteiger partial charge in [-0.15, -0.1) is 0 Å². The summed E-state index contributed by atoms with van der Waals surface area (Å²) in [7, 11) is 0. The number of nitrogens with one attached hydrogen (secondary N) is 2. The third kappa shape index (κ3) is 21.9. The maximum Gasteiger partial charge on any atom is 0.221 e. The third-order valence-electron chi connectivity index (χ3n) is 5.95. The summed E-state index contributed by atoms with van der Waals surface area (Å²) in [6.45, 7) is 6.46. The topological polar surface area (TPSA) is 58.2 Å². The van der Waals surface area contributed by atoms with Crippen LogP contribution >= 0.6 is 0 Å². The van der Waals surface area contributed by atoms with Gasteiger partial charge in [-0.2, -0.15) is 0 Å². The molecule has 0 heterocycles. The molecule has 0 spiro atoms. The monoisotopic (exact) mass is 437 g/mol. The Morgan fingerprint density at radius 1 is 0.452 bits per heavy atom. The Morgan fingerprint density at radius 3 is 1.03 bits per heavy atom. The van der Waals surface area contributed by atoms with Crippen molar-refractivity contribution in [1.29, 1.82) is 0 Å². The van der Waals surface area contributed by atoms with Gasteiger partial charge in [-0.1, -0.05) is 124 Å². The van der Waals surface area contributed by atoms with Crippen LogP contribution in [0.5, 0.6) is 0 Å². The van der Waals surface area contributed by atoms with Crippen molar-refractivity contribution in [3.8, 4) is 0 Å². The van der Waals surface area contributed by atoms with Gasteiger partial charge in [0.15, 0.2) is 6.17 Å². The van der Waals surface area contributed by atoms with E-state index >= 15 is 0 Å². The van der Waals surface area contributed by atoms with Crippen LogP contribution in [0.2, 0.25) is 0 Å². The molecule has 0 atom stereocenters. The molecule has 0 rings (SSSR count). The molecule has 183 valence electrons. The molecular weight excluding hydrogens is 384 g/mol. The van der Waals surface area contributed by atoms with Crippen LogP contribution < -0.4 is 10.6 Å². The number of amides is 2. The van der Waals surface area contributed by atoms with E-state index in [0.717, 1.165) is 25.7 Å². The summed E-state index contributed by atoms with van der Waals surface area (Å²) in [6, 6.07) is 0. The smallest absolute Gasteiger partial charge is 0.221 e. The van der Waals surface area contributed by atoms with Gasteiger partial charge in [0.05, 0.1) is 0 Å². The Labute approximate surface area is 194 Å². The summed E-state index contributed by atoms with van der Waals surface area (Å²) in [4.78, 5) is 24.3. The van der Waals surface area contributed by atoms with E-state index in [1.807, 2.05) is 6.92 Å². The number of unbranched alkanes of at least 4 members (excludes halogenated alkanes) is 16. The Kier molecular flexibility index (Phi) is 22.8. The SMILES string of the molecule is CCCCCCCCCCCC(=O)N[C](CC)NC(=O)CCCCCCCCCCC. The molecule has 2 amide bonds. The lowest BCUT2D eigenvalue weighted by Gasteiger charge is -2.17. The van der Waals surface area contributed by atoms with E-state index in [1.165, 1.54) is 89.9 Å². The van der Waals surface area contributed by atoms with Crippen LogP contribution in [0.1, 0.15) is 156 Å². The van der Waals surface area contributed by atoms with Crippen LogP contribution in [0.25, 0.3) is 0 Å². The van der Waals surface area contributed by atoms with E-state index in [4.69, 9.17) is 0 Å². The molecule has 0 unspecified atom stereocenters. The average molecular weight is 438 g/mol. The molecule has 0 aliphatic rings. The van der Waals surface area contributed by atoms with Gasteiger partial charge < -0.3 is 10.6 Å². The van der Waals surface area contributed by atoms with Gasteiger partial charge in [0.1, 0.15) is 0 Å². The first kappa shape index (κ1) is 29.9. The highest BCUT2D eigenvalue weighted by Gasteiger charge is 2.14. The molecule has 4 heteroatoms. The van der Waals surface area contributed by atoms with Gasteiger partial charge in [-0.05, 0) is 19.3 Å². The number of rotatable bonds is 23. The number of carbonyl (C=O) groups excluding carboxylic acids is 2. The number of hydrogen-bond donors (Lipinski definition) is 2. The lowest BCUT2D eigenvalue weighted by atomic mass is 10.1. The predicted molar refractivity (Wildman–Crippen MR) is 134 cm³/mol. The fourth-order valence-corrected chi connectivity index (χ4v) is 3.86. The quantitative estimate of drug-likeness (QED) is 0.159. The highest BCUT2D eigenvalue weighted by atomic mass is 16.2. The highest BCUT2D eigenvalue weighted by Crippen LogP contribution is 2.12.